The summed E-state index contributed by atoms with van der Waals surface area (Å²) in [6.07, 6.45) is 0. The first-order valence-corrected chi connectivity index (χ1v) is 10.8. The molecule has 0 aromatic heterocycles. The van der Waals surface area contributed by atoms with Gasteiger partial charge in [0.15, 0.2) is 11.5 Å². The molecule has 0 saturated carbocycles. The largest absolute Gasteiger partial charge is 0.490 e. The first-order chi connectivity index (χ1) is 14.6. The Kier molecular flexibility index (Phi) is 7.69. The first-order valence-electron chi connectivity index (χ1n) is 10.4. The second-order valence-electron chi connectivity index (χ2n) is 6.86. The Hall–Kier alpha value is -2.60. The van der Waals surface area contributed by atoms with Crippen LogP contribution in [0.3, 0.4) is 0 Å². The zero-order valence-electron chi connectivity index (χ0n) is 17.8. The van der Waals surface area contributed by atoms with Crippen LogP contribution >= 0.6 is 11.6 Å². The number of anilines is 1. The van der Waals surface area contributed by atoms with E-state index in [1.54, 1.807) is 12.1 Å². The van der Waals surface area contributed by atoms with Crippen LogP contribution in [0.1, 0.15) is 31.1 Å². The van der Waals surface area contributed by atoms with Gasteiger partial charge in [-0.05, 0) is 51.1 Å². The molecule has 2 aromatic carbocycles. The van der Waals surface area contributed by atoms with Crippen LogP contribution in [0.5, 0.6) is 17.2 Å². The molecule has 2 aromatic rings. The van der Waals surface area contributed by atoms with Crippen LogP contribution in [0, 0.1) is 0 Å². The van der Waals surface area contributed by atoms with E-state index < -0.39 is 0 Å². The molecule has 0 N–H and O–H groups in total. The van der Waals surface area contributed by atoms with E-state index in [-0.39, 0.29) is 5.91 Å². The molecule has 0 spiro atoms. The predicted molar refractivity (Wildman–Crippen MR) is 120 cm³/mol. The monoisotopic (exact) mass is 432 g/mol. The molecule has 0 atom stereocenters. The summed E-state index contributed by atoms with van der Waals surface area (Å²) >= 11 is 6.11. The number of nitrogens with zero attached hydrogens (tertiary/aromatic N) is 2. The van der Waals surface area contributed by atoms with Gasteiger partial charge in [0.25, 0.3) is 5.91 Å². The molecule has 0 radical (unpaired) electrons. The Morgan fingerprint density at radius 3 is 2.03 bits per heavy atom. The van der Waals surface area contributed by atoms with Crippen molar-refractivity contribution in [2.45, 2.75) is 20.8 Å². The zero-order valence-corrected chi connectivity index (χ0v) is 18.6. The van der Waals surface area contributed by atoms with E-state index in [2.05, 4.69) is 4.90 Å². The van der Waals surface area contributed by atoms with E-state index in [9.17, 15) is 4.79 Å². The second kappa shape index (κ2) is 10.4. The lowest BCUT2D eigenvalue weighted by molar-refractivity contribution is 0.0745. The molecule has 1 amide bonds. The highest BCUT2D eigenvalue weighted by Gasteiger charge is 2.25. The minimum Gasteiger partial charge on any atom is -0.490 e. The van der Waals surface area contributed by atoms with Gasteiger partial charge in [-0.1, -0.05) is 17.7 Å². The summed E-state index contributed by atoms with van der Waals surface area (Å²) in [6.45, 7) is 9.91. The molecule has 1 aliphatic heterocycles. The molecule has 162 valence electrons. The van der Waals surface area contributed by atoms with Gasteiger partial charge >= 0.3 is 0 Å². The number of ether oxygens (including phenoxy) is 3. The van der Waals surface area contributed by atoms with Crippen molar-refractivity contribution in [2.75, 3.05) is 50.9 Å². The topological polar surface area (TPSA) is 51.2 Å². The van der Waals surface area contributed by atoms with E-state index in [1.807, 2.05) is 49.9 Å². The lowest BCUT2D eigenvalue weighted by Gasteiger charge is -2.36. The summed E-state index contributed by atoms with van der Waals surface area (Å²) in [5, 5.41) is 0.715. The molecule has 30 heavy (non-hydrogen) atoms. The van der Waals surface area contributed by atoms with Crippen molar-refractivity contribution in [3.63, 3.8) is 0 Å². The van der Waals surface area contributed by atoms with E-state index in [1.165, 1.54) is 0 Å². The third-order valence-electron chi connectivity index (χ3n) is 4.90. The van der Waals surface area contributed by atoms with Crippen molar-refractivity contribution in [3.05, 3.63) is 47.0 Å². The molecule has 7 heteroatoms. The molecular formula is C23H29ClN2O4. The maximum Gasteiger partial charge on any atom is 0.254 e. The number of hydrogen-bond donors (Lipinski definition) is 0. The zero-order chi connectivity index (χ0) is 21.5. The quantitative estimate of drug-likeness (QED) is 0.614. The Morgan fingerprint density at radius 2 is 1.50 bits per heavy atom. The van der Waals surface area contributed by atoms with Crippen molar-refractivity contribution in [1.29, 1.82) is 0 Å². The number of benzene rings is 2. The van der Waals surface area contributed by atoms with Gasteiger partial charge in [0.05, 0.1) is 19.8 Å². The van der Waals surface area contributed by atoms with Gasteiger partial charge in [0, 0.05) is 42.5 Å². The molecular weight excluding hydrogens is 404 g/mol. The highest BCUT2D eigenvalue weighted by molar-refractivity contribution is 6.30. The number of rotatable bonds is 8. The molecule has 0 bridgehead atoms. The van der Waals surface area contributed by atoms with Crippen molar-refractivity contribution >= 4 is 23.2 Å². The van der Waals surface area contributed by atoms with Gasteiger partial charge in [0.1, 0.15) is 0 Å². The normalized spacial score (nSPS) is 13.9. The average molecular weight is 433 g/mol. The summed E-state index contributed by atoms with van der Waals surface area (Å²) in [5.41, 5.74) is 1.62. The fourth-order valence-electron chi connectivity index (χ4n) is 3.54. The molecule has 1 saturated heterocycles. The van der Waals surface area contributed by atoms with Gasteiger partial charge in [-0.25, -0.2) is 0 Å². The van der Waals surface area contributed by atoms with Crippen LogP contribution in [-0.2, 0) is 0 Å². The molecule has 1 heterocycles. The standard InChI is InChI=1S/C23H29ClN2O4/c1-4-28-20-14-17(15-21(29-5-2)22(20)30-6-3)23(27)26-12-10-25(11-13-26)19-9-7-8-18(24)16-19/h7-9,14-16H,4-6,10-13H2,1-3H3. The SMILES string of the molecule is CCOc1cc(C(=O)N2CCN(c3cccc(Cl)c3)CC2)cc(OCC)c1OCC. The minimum atomic E-state index is -0.0364. The summed E-state index contributed by atoms with van der Waals surface area (Å²) in [7, 11) is 0. The molecule has 1 aliphatic rings. The Bertz CT molecular complexity index is 839. The molecule has 0 unspecified atom stereocenters. The Balaban J connectivity index is 1.77. The Morgan fingerprint density at radius 1 is 0.900 bits per heavy atom. The third-order valence-corrected chi connectivity index (χ3v) is 5.13. The number of carbonyl (C=O) groups is 1. The summed E-state index contributed by atoms with van der Waals surface area (Å²) in [6, 6.07) is 11.3. The van der Waals surface area contributed by atoms with Gasteiger partial charge in [-0.3, -0.25) is 4.79 Å². The summed E-state index contributed by atoms with van der Waals surface area (Å²) in [5.74, 6) is 1.58. The van der Waals surface area contributed by atoms with Gasteiger partial charge in [-0.15, -0.1) is 0 Å². The lowest BCUT2D eigenvalue weighted by Crippen LogP contribution is -2.48. The number of hydrogen-bond acceptors (Lipinski definition) is 5. The van der Waals surface area contributed by atoms with Crippen molar-refractivity contribution in [3.8, 4) is 17.2 Å². The first kappa shape index (κ1) is 22.1. The number of halogens is 1. The molecule has 0 aliphatic carbocycles. The van der Waals surface area contributed by atoms with E-state index >= 15 is 0 Å². The highest BCUT2D eigenvalue weighted by atomic mass is 35.5. The second-order valence-corrected chi connectivity index (χ2v) is 7.30. The highest BCUT2D eigenvalue weighted by Crippen LogP contribution is 2.39. The molecule has 1 fully saturated rings. The summed E-state index contributed by atoms with van der Waals surface area (Å²) < 4.78 is 17.2. The number of amides is 1. The smallest absolute Gasteiger partial charge is 0.254 e. The van der Waals surface area contributed by atoms with E-state index in [0.717, 1.165) is 18.8 Å². The maximum absolute atomic E-state index is 13.2. The summed E-state index contributed by atoms with van der Waals surface area (Å²) in [4.78, 5) is 17.3. The number of carbonyl (C=O) groups excluding carboxylic acids is 1. The average Bonchev–Trinajstić information content (AvgIpc) is 2.76. The van der Waals surface area contributed by atoms with Gasteiger partial charge < -0.3 is 24.0 Å². The van der Waals surface area contributed by atoms with Crippen LogP contribution in [0.25, 0.3) is 0 Å². The van der Waals surface area contributed by atoms with Crippen molar-refractivity contribution in [2.24, 2.45) is 0 Å². The van der Waals surface area contributed by atoms with Crippen LogP contribution in [0.4, 0.5) is 5.69 Å². The third kappa shape index (κ3) is 5.11. The minimum absolute atomic E-state index is 0.0364. The van der Waals surface area contributed by atoms with Crippen LogP contribution in [0.2, 0.25) is 5.02 Å². The van der Waals surface area contributed by atoms with Crippen LogP contribution < -0.4 is 19.1 Å². The van der Waals surface area contributed by atoms with Gasteiger partial charge in [-0.2, -0.15) is 0 Å². The predicted octanol–water partition coefficient (Wildman–Crippen LogP) is 4.50. The lowest BCUT2D eigenvalue weighted by atomic mass is 10.1. The van der Waals surface area contributed by atoms with Crippen LogP contribution in [0.15, 0.2) is 36.4 Å². The van der Waals surface area contributed by atoms with E-state index in [4.69, 9.17) is 25.8 Å². The fraction of sp³-hybridized carbons (Fsp3) is 0.435. The number of piperazine rings is 1. The maximum atomic E-state index is 13.2. The van der Waals surface area contributed by atoms with Crippen LogP contribution in [-0.4, -0.2) is 56.8 Å². The van der Waals surface area contributed by atoms with E-state index in [0.29, 0.717) is 60.7 Å². The Labute approximate surface area is 183 Å². The van der Waals surface area contributed by atoms with Crippen molar-refractivity contribution < 1.29 is 19.0 Å². The van der Waals surface area contributed by atoms with Crippen molar-refractivity contribution in [1.82, 2.24) is 4.90 Å². The molecule has 6 nitrogen and oxygen atoms in total. The van der Waals surface area contributed by atoms with Gasteiger partial charge in [0.2, 0.25) is 5.75 Å². The fourth-order valence-corrected chi connectivity index (χ4v) is 3.72. The molecule has 3 rings (SSSR count).